The zero-order chi connectivity index (χ0) is 23.1. The molecule has 0 fully saturated rings. The van der Waals surface area contributed by atoms with E-state index < -0.39 is 6.10 Å². The topological polar surface area (TPSA) is 96.9 Å². The van der Waals surface area contributed by atoms with Gasteiger partial charge in [-0.15, -0.1) is 0 Å². The second-order valence-electron chi connectivity index (χ2n) is 6.87. The number of nitrogens with zero attached hydrogens (tertiary/aromatic N) is 5. The third kappa shape index (κ3) is 5.25. The van der Waals surface area contributed by atoms with Gasteiger partial charge in [-0.25, -0.2) is 19.4 Å². The molecule has 0 amide bonds. The maximum Gasteiger partial charge on any atom is 0.184 e. The fraction of sp³-hybridized carbons (Fsp3) is 0.217. The zero-order valence-corrected chi connectivity index (χ0v) is 18.2. The standard InChI is InChI=1S/C23H25FN6O2/c1-5-20(31)18(13-26-16-11-9-15(24)10-12-16)22(25-2)28-19-8-6-7-17(21(19)32-4)23-27-14-30(3)29-23/h6-14,20,26,31H,2,5H2,1,3-4H3. The minimum atomic E-state index is -0.848. The lowest BCUT2D eigenvalue weighted by molar-refractivity contribution is 0.212. The number of rotatable bonds is 8. The van der Waals surface area contributed by atoms with E-state index in [1.165, 1.54) is 19.2 Å². The van der Waals surface area contributed by atoms with E-state index in [-0.39, 0.29) is 11.7 Å². The molecule has 0 radical (unpaired) electrons. The number of halogens is 1. The molecule has 3 aromatic rings. The van der Waals surface area contributed by atoms with Crippen LogP contribution in [-0.2, 0) is 7.05 Å². The first kappa shape index (κ1) is 22.8. The van der Waals surface area contributed by atoms with E-state index >= 15 is 0 Å². The number of methoxy groups -OCH3 is 1. The van der Waals surface area contributed by atoms with Gasteiger partial charge in [0.1, 0.15) is 17.8 Å². The van der Waals surface area contributed by atoms with Gasteiger partial charge < -0.3 is 15.2 Å². The highest BCUT2D eigenvalue weighted by atomic mass is 19.1. The van der Waals surface area contributed by atoms with Crippen molar-refractivity contribution in [1.29, 1.82) is 0 Å². The number of hydrogen-bond donors (Lipinski definition) is 2. The van der Waals surface area contributed by atoms with Crippen LogP contribution in [0, 0.1) is 5.82 Å². The molecule has 1 unspecified atom stereocenters. The second-order valence-corrected chi connectivity index (χ2v) is 6.87. The van der Waals surface area contributed by atoms with Crippen molar-refractivity contribution >= 4 is 23.9 Å². The molecular weight excluding hydrogens is 411 g/mol. The number of para-hydroxylation sites is 1. The van der Waals surface area contributed by atoms with Gasteiger partial charge in [0, 0.05) is 24.5 Å². The Morgan fingerprint density at radius 1 is 1.31 bits per heavy atom. The molecule has 0 aliphatic rings. The Bertz CT molecular complexity index is 1140. The fourth-order valence-electron chi connectivity index (χ4n) is 3.01. The van der Waals surface area contributed by atoms with Crippen LogP contribution in [-0.4, -0.2) is 45.6 Å². The van der Waals surface area contributed by atoms with Gasteiger partial charge >= 0.3 is 0 Å². The van der Waals surface area contributed by atoms with Crippen molar-refractivity contribution < 1.29 is 14.2 Å². The number of aromatic nitrogens is 3. The molecule has 32 heavy (non-hydrogen) atoms. The Labute approximate surface area is 185 Å². The lowest BCUT2D eigenvalue weighted by atomic mass is 10.1. The average molecular weight is 436 g/mol. The maximum atomic E-state index is 13.2. The molecule has 2 aromatic carbocycles. The van der Waals surface area contributed by atoms with Crippen LogP contribution in [0.4, 0.5) is 15.8 Å². The molecular formula is C23H25FN6O2. The molecule has 2 N–H and O–H groups in total. The van der Waals surface area contributed by atoms with Gasteiger partial charge in [0.15, 0.2) is 17.4 Å². The molecule has 8 nitrogen and oxygen atoms in total. The largest absolute Gasteiger partial charge is 0.494 e. The van der Waals surface area contributed by atoms with Crippen molar-refractivity contribution in [2.24, 2.45) is 17.0 Å². The number of amidine groups is 1. The van der Waals surface area contributed by atoms with Gasteiger partial charge in [0.05, 0.1) is 18.8 Å². The SMILES string of the molecule is C=NC(=Nc1cccc(-c2ncn(C)n2)c1OC)C(=CNc1ccc(F)cc1)C(O)CC. The van der Waals surface area contributed by atoms with Crippen LogP contribution < -0.4 is 10.1 Å². The smallest absolute Gasteiger partial charge is 0.184 e. The number of benzene rings is 2. The van der Waals surface area contributed by atoms with E-state index in [0.29, 0.717) is 40.5 Å². The average Bonchev–Trinajstić information content (AvgIpc) is 3.25. The highest BCUT2D eigenvalue weighted by Gasteiger charge is 2.18. The molecule has 0 aliphatic carbocycles. The number of nitrogens with one attached hydrogen (secondary N) is 1. The monoisotopic (exact) mass is 436 g/mol. The van der Waals surface area contributed by atoms with E-state index in [2.05, 4.69) is 32.1 Å². The number of anilines is 1. The first-order valence-corrected chi connectivity index (χ1v) is 9.95. The predicted molar refractivity (Wildman–Crippen MR) is 124 cm³/mol. The van der Waals surface area contributed by atoms with Gasteiger partial charge in [-0.3, -0.25) is 4.68 Å². The zero-order valence-electron chi connectivity index (χ0n) is 18.2. The number of aryl methyl sites for hydroxylation is 1. The van der Waals surface area contributed by atoms with Crippen molar-refractivity contribution in [1.82, 2.24) is 14.8 Å². The first-order chi connectivity index (χ1) is 15.5. The molecule has 0 saturated carbocycles. The van der Waals surface area contributed by atoms with Gasteiger partial charge in [0.25, 0.3) is 0 Å². The minimum Gasteiger partial charge on any atom is -0.494 e. The Balaban J connectivity index is 2.03. The third-order valence-electron chi connectivity index (χ3n) is 4.66. The number of aliphatic imine (C=N–C) groups is 2. The summed E-state index contributed by atoms with van der Waals surface area (Å²) < 4.78 is 20.4. The van der Waals surface area contributed by atoms with Crippen LogP contribution in [0.1, 0.15) is 13.3 Å². The van der Waals surface area contributed by atoms with E-state index in [9.17, 15) is 9.50 Å². The summed E-state index contributed by atoms with van der Waals surface area (Å²) in [4.78, 5) is 12.9. The summed E-state index contributed by atoms with van der Waals surface area (Å²) in [7, 11) is 3.32. The molecule has 0 aliphatic heterocycles. The van der Waals surface area contributed by atoms with Crippen LogP contribution >= 0.6 is 0 Å². The Morgan fingerprint density at radius 3 is 2.66 bits per heavy atom. The van der Waals surface area contributed by atoms with Gasteiger partial charge in [-0.05, 0) is 49.5 Å². The van der Waals surface area contributed by atoms with Crippen molar-refractivity contribution in [3.8, 4) is 17.1 Å². The van der Waals surface area contributed by atoms with Crippen LogP contribution in [0.5, 0.6) is 5.75 Å². The van der Waals surface area contributed by atoms with Crippen LogP contribution in [0.3, 0.4) is 0 Å². The number of aliphatic hydroxyl groups excluding tert-OH is 1. The van der Waals surface area contributed by atoms with Crippen LogP contribution in [0.15, 0.2) is 70.5 Å². The molecule has 0 spiro atoms. The summed E-state index contributed by atoms with van der Waals surface area (Å²) in [6.45, 7) is 5.46. The van der Waals surface area contributed by atoms with Crippen LogP contribution in [0.25, 0.3) is 11.4 Å². The highest BCUT2D eigenvalue weighted by Crippen LogP contribution is 2.37. The summed E-state index contributed by atoms with van der Waals surface area (Å²) in [6.07, 6.45) is 2.77. The van der Waals surface area contributed by atoms with Crippen LogP contribution in [0.2, 0.25) is 0 Å². The van der Waals surface area contributed by atoms with Gasteiger partial charge in [-0.2, -0.15) is 5.10 Å². The molecule has 166 valence electrons. The van der Waals surface area contributed by atoms with E-state index in [4.69, 9.17) is 4.74 Å². The highest BCUT2D eigenvalue weighted by molar-refractivity contribution is 6.04. The fourth-order valence-corrected chi connectivity index (χ4v) is 3.01. The van der Waals surface area contributed by atoms with E-state index in [1.807, 2.05) is 19.1 Å². The molecule has 1 aromatic heterocycles. The second kappa shape index (κ2) is 10.5. The summed E-state index contributed by atoms with van der Waals surface area (Å²) in [5, 5.41) is 18.0. The number of aliphatic hydroxyl groups is 1. The van der Waals surface area contributed by atoms with Crippen molar-refractivity contribution in [2.75, 3.05) is 12.4 Å². The van der Waals surface area contributed by atoms with Gasteiger partial charge in [-0.1, -0.05) is 13.0 Å². The maximum absolute atomic E-state index is 13.2. The van der Waals surface area contributed by atoms with Crippen molar-refractivity contribution in [3.05, 3.63) is 66.4 Å². The van der Waals surface area contributed by atoms with E-state index in [1.54, 1.807) is 42.5 Å². The number of hydrogen-bond acceptors (Lipinski definition) is 6. The summed E-state index contributed by atoms with van der Waals surface area (Å²) >= 11 is 0. The lowest BCUT2D eigenvalue weighted by Gasteiger charge is -2.15. The predicted octanol–water partition coefficient (Wildman–Crippen LogP) is 4.13. The molecule has 0 saturated heterocycles. The molecule has 0 bridgehead atoms. The first-order valence-electron chi connectivity index (χ1n) is 9.95. The quantitative estimate of drug-likeness (QED) is 0.409. The number of ether oxygens (including phenoxy) is 1. The normalized spacial score (nSPS) is 13.0. The molecule has 1 atom stereocenters. The summed E-state index contributed by atoms with van der Waals surface area (Å²) in [5.74, 6) is 0.852. The van der Waals surface area contributed by atoms with E-state index in [0.717, 1.165) is 0 Å². The molecule has 1 heterocycles. The Hall–Kier alpha value is -3.85. The minimum absolute atomic E-state index is 0.221. The third-order valence-corrected chi connectivity index (χ3v) is 4.66. The molecule has 3 rings (SSSR count). The summed E-state index contributed by atoms with van der Waals surface area (Å²) in [5.41, 5.74) is 2.23. The van der Waals surface area contributed by atoms with Crippen molar-refractivity contribution in [2.45, 2.75) is 19.4 Å². The Kier molecular flexibility index (Phi) is 7.45. The van der Waals surface area contributed by atoms with Gasteiger partial charge in [0.2, 0.25) is 0 Å². The summed E-state index contributed by atoms with van der Waals surface area (Å²) in [6, 6.07) is 11.3. The lowest BCUT2D eigenvalue weighted by Crippen LogP contribution is -2.17. The Morgan fingerprint density at radius 2 is 2.06 bits per heavy atom. The molecule has 9 heteroatoms. The van der Waals surface area contributed by atoms with Crippen molar-refractivity contribution in [3.63, 3.8) is 0 Å².